The molecule has 1 aliphatic carbocycles. The van der Waals surface area contributed by atoms with E-state index in [1.165, 1.54) is 5.56 Å². The van der Waals surface area contributed by atoms with Gasteiger partial charge >= 0.3 is 6.09 Å². The molecule has 0 saturated heterocycles. The Bertz CT molecular complexity index is 1370. The molecule has 2 aliphatic rings. The van der Waals surface area contributed by atoms with E-state index in [1.807, 2.05) is 29.2 Å². The molecule has 2 aromatic carbocycles. The number of aromatic amines is 1. The Morgan fingerprint density at radius 3 is 2.72 bits per heavy atom. The summed E-state index contributed by atoms with van der Waals surface area (Å²) < 4.78 is 11.6. The van der Waals surface area contributed by atoms with Crippen LogP contribution < -0.4 is 4.74 Å². The van der Waals surface area contributed by atoms with Crippen molar-refractivity contribution in [2.45, 2.75) is 31.7 Å². The first-order valence-corrected chi connectivity index (χ1v) is 12.8. The van der Waals surface area contributed by atoms with Crippen LogP contribution in [-0.4, -0.2) is 29.1 Å². The van der Waals surface area contributed by atoms with E-state index in [2.05, 4.69) is 23.1 Å². The lowest BCUT2D eigenvalue weighted by atomic mass is 9.84. The van der Waals surface area contributed by atoms with E-state index in [4.69, 9.17) is 39.1 Å². The van der Waals surface area contributed by atoms with Crippen molar-refractivity contribution in [3.8, 4) is 18.1 Å². The molecule has 1 aromatic heterocycles. The van der Waals surface area contributed by atoms with Crippen LogP contribution in [0.3, 0.4) is 0 Å². The molecule has 184 valence electrons. The lowest BCUT2D eigenvalue weighted by molar-refractivity contribution is 0.110. The lowest BCUT2D eigenvalue weighted by Gasteiger charge is -2.39. The number of amides is 1. The van der Waals surface area contributed by atoms with Crippen LogP contribution in [-0.2, 0) is 11.2 Å². The highest BCUT2D eigenvalue weighted by atomic mass is 35.5. The molecular formula is C29H26Cl2N2O3. The van der Waals surface area contributed by atoms with Crippen LogP contribution in [0.15, 0.2) is 66.5 Å². The van der Waals surface area contributed by atoms with Crippen molar-refractivity contribution in [2.75, 3.05) is 13.2 Å². The number of terminal acetylenes is 1. The number of aromatic nitrogens is 1. The minimum absolute atomic E-state index is 0.0448. The topological polar surface area (TPSA) is 54.6 Å². The number of rotatable bonds is 6. The second-order valence-corrected chi connectivity index (χ2v) is 9.81. The van der Waals surface area contributed by atoms with Crippen molar-refractivity contribution in [2.24, 2.45) is 5.92 Å². The average molecular weight is 521 g/mol. The second-order valence-electron chi connectivity index (χ2n) is 8.94. The summed E-state index contributed by atoms with van der Waals surface area (Å²) in [5.74, 6) is 3.96. The van der Waals surface area contributed by atoms with Gasteiger partial charge in [-0.05, 0) is 79.4 Å². The summed E-state index contributed by atoms with van der Waals surface area (Å²) in [4.78, 5) is 18.8. The fraction of sp³-hybridized carbons (Fsp3) is 0.276. The number of hydrogen-bond donors (Lipinski definition) is 1. The maximum atomic E-state index is 13.4. The predicted octanol–water partition coefficient (Wildman–Crippen LogP) is 7.46. The smallest absolute Gasteiger partial charge is 0.415 e. The third kappa shape index (κ3) is 5.11. The first-order chi connectivity index (χ1) is 17.5. The first-order valence-electron chi connectivity index (χ1n) is 12.0. The first kappa shape index (κ1) is 24.4. The zero-order valence-electron chi connectivity index (χ0n) is 19.7. The van der Waals surface area contributed by atoms with E-state index in [1.54, 1.807) is 24.3 Å². The lowest BCUT2D eigenvalue weighted by Crippen LogP contribution is -2.44. The Hall–Kier alpha value is -3.33. The number of nitrogens with one attached hydrogen (secondary N) is 1. The zero-order valence-corrected chi connectivity index (χ0v) is 21.2. The monoisotopic (exact) mass is 520 g/mol. The molecule has 7 heteroatoms. The highest BCUT2D eigenvalue weighted by molar-refractivity contribution is 6.31. The van der Waals surface area contributed by atoms with Crippen LogP contribution in [0, 0.1) is 18.3 Å². The third-order valence-corrected chi connectivity index (χ3v) is 7.11. The predicted molar refractivity (Wildman–Crippen MR) is 143 cm³/mol. The Kier molecular flexibility index (Phi) is 7.27. The zero-order chi connectivity index (χ0) is 25.1. The fourth-order valence-corrected chi connectivity index (χ4v) is 5.22. The van der Waals surface area contributed by atoms with E-state index >= 15 is 0 Å². The summed E-state index contributed by atoms with van der Waals surface area (Å²) in [6.07, 6.45) is 14.1. The molecule has 0 bridgehead atoms. The van der Waals surface area contributed by atoms with Gasteiger partial charge in [-0.3, -0.25) is 4.90 Å². The molecule has 1 N–H and O–H groups in total. The minimum Gasteiger partial charge on any atom is -0.494 e. The maximum Gasteiger partial charge on any atom is 0.415 e. The van der Waals surface area contributed by atoms with Gasteiger partial charge in [-0.25, -0.2) is 4.79 Å². The number of H-pyrrole nitrogens is 1. The van der Waals surface area contributed by atoms with E-state index in [0.29, 0.717) is 41.8 Å². The molecule has 0 fully saturated rings. The number of halogens is 2. The standard InChI is InChI=1S/C29H26Cl2N2O3/c1-2-3-4-17-35-22-10-5-19(6-11-22)28-27-24(25-18-21(31)9-14-26(25)32-27)15-16-33(28)29(34)36-23-12-7-20(30)8-13-23/h1,5,7-14,18-19,28,32H,3-4,6,15-17H2/t19?,28-/m0/s1. The van der Waals surface area contributed by atoms with Crippen LogP contribution in [0.2, 0.25) is 10.0 Å². The van der Waals surface area contributed by atoms with Gasteiger partial charge < -0.3 is 14.5 Å². The average Bonchev–Trinajstić information content (AvgIpc) is 3.25. The summed E-state index contributed by atoms with van der Waals surface area (Å²) in [5, 5.41) is 2.38. The van der Waals surface area contributed by atoms with Crippen molar-refractivity contribution >= 4 is 40.2 Å². The number of nitrogens with zero attached hydrogens (tertiary/aromatic N) is 1. The Morgan fingerprint density at radius 1 is 1.17 bits per heavy atom. The summed E-state index contributed by atoms with van der Waals surface area (Å²) in [6.45, 7) is 1.12. The summed E-state index contributed by atoms with van der Waals surface area (Å²) in [7, 11) is 0. The highest BCUT2D eigenvalue weighted by Gasteiger charge is 2.39. The fourth-order valence-electron chi connectivity index (χ4n) is 4.92. The number of carbonyl (C=O) groups is 1. The second kappa shape index (κ2) is 10.7. The van der Waals surface area contributed by atoms with Gasteiger partial charge in [0.05, 0.1) is 12.6 Å². The summed E-state index contributed by atoms with van der Waals surface area (Å²) in [5.41, 5.74) is 3.23. The summed E-state index contributed by atoms with van der Waals surface area (Å²) >= 11 is 12.3. The highest BCUT2D eigenvalue weighted by Crippen LogP contribution is 2.42. The van der Waals surface area contributed by atoms with Crippen LogP contribution in [0.4, 0.5) is 4.79 Å². The van der Waals surface area contributed by atoms with Crippen molar-refractivity contribution < 1.29 is 14.3 Å². The molecule has 5 nitrogen and oxygen atoms in total. The molecular weight excluding hydrogens is 495 g/mol. The number of benzene rings is 2. The van der Waals surface area contributed by atoms with Crippen LogP contribution in [0.5, 0.6) is 5.75 Å². The Morgan fingerprint density at radius 2 is 1.97 bits per heavy atom. The van der Waals surface area contributed by atoms with Gasteiger partial charge in [0, 0.05) is 45.5 Å². The molecule has 0 spiro atoms. The molecule has 1 aliphatic heterocycles. The SMILES string of the molecule is C#CCCCOC1=CCC([C@H]2c3[nH]c4ccc(Cl)cc4c3CCN2C(=O)Oc2ccc(Cl)cc2)C=C1. The molecule has 5 rings (SSSR count). The molecule has 0 saturated carbocycles. The van der Waals surface area contributed by atoms with Crippen LogP contribution >= 0.6 is 23.2 Å². The van der Waals surface area contributed by atoms with Gasteiger partial charge in [0.1, 0.15) is 11.5 Å². The maximum absolute atomic E-state index is 13.4. The summed E-state index contributed by atoms with van der Waals surface area (Å²) in [6, 6.07) is 12.4. The van der Waals surface area contributed by atoms with E-state index in [-0.39, 0.29) is 12.0 Å². The normalized spacial score (nSPS) is 18.9. The molecule has 2 atom stereocenters. The van der Waals surface area contributed by atoms with E-state index < -0.39 is 6.09 Å². The number of allylic oxidation sites excluding steroid dienone is 2. The molecule has 2 heterocycles. The van der Waals surface area contributed by atoms with Gasteiger partial charge in [-0.1, -0.05) is 29.3 Å². The molecule has 1 amide bonds. The van der Waals surface area contributed by atoms with E-state index in [0.717, 1.165) is 35.2 Å². The van der Waals surface area contributed by atoms with Crippen LogP contribution in [0.25, 0.3) is 10.9 Å². The largest absolute Gasteiger partial charge is 0.494 e. The Balaban J connectivity index is 1.43. The van der Waals surface area contributed by atoms with E-state index in [9.17, 15) is 4.79 Å². The van der Waals surface area contributed by atoms with Crippen molar-refractivity contribution in [1.29, 1.82) is 0 Å². The van der Waals surface area contributed by atoms with Gasteiger partial charge in [-0.2, -0.15) is 0 Å². The number of ether oxygens (including phenoxy) is 2. The van der Waals surface area contributed by atoms with Crippen molar-refractivity contribution in [1.82, 2.24) is 9.88 Å². The van der Waals surface area contributed by atoms with Gasteiger partial charge in [-0.15, -0.1) is 12.3 Å². The van der Waals surface area contributed by atoms with Gasteiger partial charge in [0.25, 0.3) is 0 Å². The molecule has 0 radical (unpaired) electrons. The molecule has 1 unspecified atom stereocenters. The number of fused-ring (bicyclic) bond motifs is 3. The third-order valence-electron chi connectivity index (χ3n) is 6.63. The van der Waals surface area contributed by atoms with Gasteiger partial charge in [0.15, 0.2) is 0 Å². The number of carbonyl (C=O) groups excluding carboxylic acids is 1. The van der Waals surface area contributed by atoms with Crippen molar-refractivity contribution in [3.63, 3.8) is 0 Å². The molecule has 36 heavy (non-hydrogen) atoms. The van der Waals surface area contributed by atoms with Crippen LogP contribution in [0.1, 0.15) is 36.6 Å². The molecule has 3 aromatic rings. The van der Waals surface area contributed by atoms with Crippen molar-refractivity contribution in [3.05, 3.63) is 87.8 Å². The van der Waals surface area contributed by atoms with Gasteiger partial charge in [0.2, 0.25) is 0 Å². The minimum atomic E-state index is -0.390. The number of unbranched alkanes of at least 4 members (excludes halogenated alkanes) is 1. The quantitative estimate of drug-likeness (QED) is 0.271. The number of hydrogen-bond acceptors (Lipinski definition) is 3. The Labute approximate surface area is 220 Å².